The number of amides is 1. The smallest absolute Gasteiger partial charge is 0.267 e. The van der Waals surface area contributed by atoms with Crippen LogP contribution in [0.5, 0.6) is 0 Å². The zero-order valence-electron chi connectivity index (χ0n) is 22.3. The lowest BCUT2D eigenvalue weighted by atomic mass is 10.1. The van der Waals surface area contributed by atoms with Gasteiger partial charge in [-0.1, -0.05) is 90.5 Å². The molecule has 0 spiro atoms. The summed E-state index contributed by atoms with van der Waals surface area (Å²) in [5.41, 5.74) is 4.39. The molecule has 6 rings (SSSR count). The predicted octanol–water partition coefficient (Wildman–Crippen LogP) is 8.76. The largest absolute Gasteiger partial charge is 0.346 e. The summed E-state index contributed by atoms with van der Waals surface area (Å²) >= 11 is 9.30. The van der Waals surface area contributed by atoms with Gasteiger partial charge in [-0.15, -0.1) is 11.8 Å². The SMILES string of the molecule is O=C1/C(=C/c2cn(CCSc3ccc(Cl)cc3)c3ccccc23)SC(=NCc2ccccc2)N1Cc1ccccc1. The van der Waals surface area contributed by atoms with Crippen LogP contribution in [-0.4, -0.2) is 26.3 Å². The molecule has 1 saturated heterocycles. The normalized spacial score (nSPS) is 15.4. The van der Waals surface area contributed by atoms with E-state index in [4.69, 9.17) is 16.6 Å². The number of fused-ring (bicyclic) bond motifs is 1. The van der Waals surface area contributed by atoms with Gasteiger partial charge in [-0.2, -0.15) is 0 Å². The number of nitrogens with zero attached hydrogens (tertiary/aromatic N) is 3. The van der Waals surface area contributed by atoms with Gasteiger partial charge >= 0.3 is 0 Å². The van der Waals surface area contributed by atoms with Crippen LogP contribution < -0.4 is 0 Å². The lowest BCUT2D eigenvalue weighted by molar-refractivity contribution is -0.122. The first-order valence-corrected chi connectivity index (χ1v) is 15.6. The molecule has 1 aliphatic rings. The van der Waals surface area contributed by atoms with E-state index in [0.29, 0.717) is 18.0 Å². The molecule has 1 amide bonds. The van der Waals surface area contributed by atoms with Crippen molar-refractivity contribution in [1.29, 1.82) is 0 Å². The number of rotatable bonds is 9. The summed E-state index contributed by atoms with van der Waals surface area (Å²) in [4.78, 5) is 22.3. The number of carbonyl (C=O) groups is 1. The minimum absolute atomic E-state index is 0.0132. The number of hydrogen-bond donors (Lipinski definition) is 0. The minimum atomic E-state index is -0.0132. The van der Waals surface area contributed by atoms with Gasteiger partial charge in [0.05, 0.1) is 18.0 Å². The monoisotopic (exact) mass is 593 g/mol. The second-order valence-corrected chi connectivity index (χ2v) is 12.3. The number of aromatic nitrogens is 1. The van der Waals surface area contributed by atoms with Crippen LogP contribution in [0, 0.1) is 0 Å². The zero-order chi connectivity index (χ0) is 28.0. The minimum Gasteiger partial charge on any atom is -0.346 e. The Hall–Kier alpha value is -3.71. The molecule has 0 radical (unpaired) electrons. The molecule has 0 aliphatic carbocycles. The van der Waals surface area contributed by atoms with E-state index < -0.39 is 0 Å². The van der Waals surface area contributed by atoms with Gasteiger partial charge in [-0.05, 0) is 59.3 Å². The number of benzene rings is 4. The van der Waals surface area contributed by atoms with Crippen molar-refractivity contribution in [2.45, 2.75) is 24.5 Å². The van der Waals surface area contributed by atoms with E-state index in [2.05, 4.69) is 59.3 Å². The van der Waals surface area contributed by atoms with Crippen LogP contribution >= 0.6 is 35.1 Å². The van der Waals surface area contributed by atoms with E-state index in [0.717, 1.165) is 50.1 Å². The average Bonchev–Trinajstić information content (AvgIpc) is 3.50. The molecule has 5 aromatic rings. The van der Waals surface area contributed by atoms with E-state index in [1.807, 2.05) is 66.7 Å². The Labute approximate surface area is 253 Å². The highest BCUT2D eigenvalue weighted by atomic mass is 35.5. The second kappa shape index (κ2) is 12.9. The molecule has 4 nitrogen and oxygen atoms in total. The van der Waals surface area contributed by atoms with Crippen LogP contribution in [0.2, 0.25) is 5.02 Å². The summed E-state index contributed by atoms with van der Waals surface area (Å²) in [7, 11) is 0. The highest BCUT2D eigenvalue weighted by Gasteiger charge is 2.33. The fourth-order valence-corrected chi connectivity index (χ4v) is 6.73. The van der Waals surface area contributed by atoms with Crippen molar-refractivity contribution >= 4 is 63.2 Å². The molecule has 0 N–H and O–H groups in total. The molecule has 4 aromatic carbocycles. The van der Waals surface area contributed by atoms with Crippen molar-refractivity contribution in [2.75, 3.05) is 5.75 Å². The van der Waals surface area contributed by atoms with Crippen molar-refractivity contribution in [3.63, 3.8) is 0 Å². The molecular weight excluding hydrogens is 566 g/mol. The van der Waals surface area contributed by atoms with Gasteiger partial charge in [0.1, 0.15) is 0 Å². The Kier molecular flexibility index (Phi) is 8.61. The van der Waals surface area contributed by atoms with Crippen molar-refractivity contribution in [3.8, 4) is 0 Å². The maximum absolute atomic E-state index is 13.8. The number of hydrogen-bond acceptors (Lipinski definition) is 4. The number of amidine groups is 1. The van der Waals surface area contributed by atoms with Gasteiger partial charge in [0.15, 0.2) is 5.17 Å². The molecule has 1 aromatic heterocycles. The number of aryl methyl sites for hydroxylation is 1. The van der Waals surface area contributed by atoms with Crippen LogP contribution in [0.25, 0.3) is 17.0 Å². The van der Waals surface area contributed by atoms with Gasteiger partial charge < -0.3 is 4.57 Å². The van der Waals surface area contributed by atoms with Crippen LogP contribution in [0.1, 0.15) is 16.7 Å². The van der Waals surface area contributed by atoms with E-state index in [9.17, 15) is 4.79 Å². The number of carbonyl (C=O) groups excluding carboxylic acids is 1. The lowest BCUT2D eigenvalue weighted by Gasteiger charge is -2.15. The van der Waals surface area contributed by atoms with Gasteiger partial charge in [0, 0.05) is 44.9 Å². The van der Waals surface area contributed by atoms with Gasteiger partial charge in [-0.3, -0.25) is 14.7 Å². The summed E-state index contributed by atoms with van der Waals surface area (Å²) in [6, 6.07) is 36.6. The van der Waals surface area contributed by atoms with E-state index in [1.54, 1.807) is 16.7 Å². The fraction of sp³-hybridized carbons (Fsp3) is 0.118. The average molecular weight is 594 g/mol. The molecule has 0 atom stereocenters. The first-order valence-electron chi connectivity index (χ1n) is 13.4. The third-order valence-electron chi connectivity index (χ3n) is 6.83. The first-order chi connectivity index (χ1) is 20.1. The van der Waals surface area contributed by atoms with E-state index in [1.165, 1.54) is 16.7 Å². The third-order valence-corrected chi connectivity index (χ3v) is 9.12. The maximum Gasteiger partial charge on any atom is 0.267 e. The Morgan fingerprint density at radius 3 is 2.27 bits per heavy atom. The number of para-hydroxylation sites is 1. The van der Waals surface area contributed by atoms with Gasteiger partial charge in [0.25, 0.3) is 5.91 Å². The summed E-state index contributed by atoms with van der Waals surface area (Å²) in [6.07, 6.45) is 4.19. The predicted molar refractivity (Wildman–Crippen MR) is 174 cm³/mol. The molecule has 204 valence electrons. The standard InChI is InChI=1S/C34H28ClN3OS2/c35-28-15-17-29(18-16-28)40-20-19-37-24-27(30-13-7-8-14-31(30)37)21-32-33(39)38(23-26-11-5-2-6-12-26)34(41-32)36-22-25-9-3-1-4-10-25/h1-18,21,24H,19-20,22-23H2/b32-21-,36-34?. The zero-order valence-corrected chi connectivity index (χ0v) is 24.7. The number of aliphatic imine (C=N–C) groups is 1. The molecule has 1 aliphatic heterocycles. The number of thioether (sulfide) groups is 2. The van der Waals surface area contributed by atoms with Crippen LogP contribution in [0.3, 0.4) is 0 Å². The molecule has 0 saturated carbocycles. The Morgan fingerprint density at radius 1 is 0.829 bits per heavy atom. The molecule has 2 heterocycles. The third kappa shape index (κ3) is 6.62. The van der Waals surface area contributed by atoms with Crippen molar-refractivity contribution in [2.24, 2.45) is 4.99 Å². The molecule has 1 fully saturated rings. The van der Waals surface area contributed by atoms with Crippen molar-refractivity contribution < 1.29 is 4.79 Å². The van der Waals surface area contributed by atoms with Crippen LogP contribution in [0.15, 0.2) is 130 Å². The van der Waals surface area contributed by atoms with Crippen molar-refractivity contribution in [1.82, 2.24) is 9.47 Å². The summed E-state index contributed by atoms with van der Waals surface area (Å²) < 4.78 is 2.28. The second-order valence-electron chi connectivity index (χ2n) is 9.67. The van der Waals surface area contributed by atoms with Crippen molar-refractivity contribution in [3.05, 3.63) is 142 Å². The quantitative estimate of drug-likeness (QED) is 0.127. The highest BCUT2D eigenvalue weighted by molar-refractivity contribution is 8.18. The van der Waals surface area contributed by atoms with Gasteiger partial charge in [0.2, 0.25) is 0 Å². The lowest BCUT2D eigenvalue weighted by Crippen LogP contribution is -2.28. The number of halogens is 1. The molecular formula is C34H28ClN3OS2. The maximum atomic E-state index is 13.8. The first kappa shape index (κ1) is 27.5. The van der Waals surface area contributed by atoms with Crippen LogP contribution in [-0.2, 0) is 24.4 Å². The summed E-state index contributed by atoms with van der Waals surface area (Å²) in [5.74, 6) is 0.909. The van der Waals surface area contributed by atoms with E-state index in [-0.39, 0.29) is 5.91 Å². The summed E-state index contributed by atoms with van der Waals surface area (Å²) in [6.45, 7) is 1.86. The molecule has 7 heteroatoms. The Bertz CT molecular complexity index is 1710. The molecule has 0 unspecified atom stereocenters. The topological polar surface area (TPSA) is 37.6 Å². The molecule has 41 heavy (non-hydrogen) atoms. The Morgan fingerprint density at radius 2 is 1.51 bits per heavy atom. The van der Waals surface area contributed by atoms with Crippen LogP contribution in [0.4, 0.5) is 0 Å². The Balaban J connectivity index is 1.27. The van der Waals surface area contributed by atoms with E-state index >= 15 is 0 Å². The molecule has 0 bridgehead atoms. The summed E-state index contributed by atoms with van der Waals surface area (Å²) in [5, 5.41) is 2.62. The highest BCUT2D eigenvalue weighted by Crippen LogP contribution is 2.36. The fourth-order valence-electron chi connectivity index (χ4n) is 4.78. The van der Waals surface area contributed by atoms with Gasteiger partial charge in [-0.25, -0.2) is 0 Å².